The van der Waals surface area contributed by atoms with Crippen LogP contribution in [0, 0.1) is 0 Å². The largest absolute Gasteiger partial charge is 0.496 e. The minimum atomic E-state index is -0.0806. The highest BCUT2D eigenvalue weighted by Crippen LogP contribution is 2.37. The van der Waals surface area contributed by atoms with Crippen LogP contribution in [0.5, 0.6) is 0 Å². The predicted molar refractivity (Wildman–Crippen MR) is 135 cm³/mol. The number of likely N-dealkylation sites (N-methyl/N-ethyl adjacent to an activating group) is 1. The average molecular weight is 488 g/mol. The molecule has 2 aromatic heterocycles. The molecule has 0 bridgehead atoms. The van der Waals surface area contributed by atoms with Gasteiger partial charge in [0, 0.05) is 30.0 Å². The first kappa shape index (κ1) is 23.7. The molecule has 2 aromatic rings. The molecule has 0 spiro atoms. The van der Waals surface area contributed by atoms with Crippen molar-refractivity contribution in [2.75, 3.05) is 32.0 Å². The highest BCUT2D eigenvalue weighted by Gasteiger charge is 2.26. The molecule has 2 heterocycles. The molecule has 0 aliphatic heterocycles. The third-order valence-corrected chi connectivity index (χ3v) is 7.25. The molecule has 0 radical (unpaired) electrons. The zero-order valence-corrected chi connectivity index (χ0v) is 20.9. The first-order valence-corrected chi connectivity index (χ1v) is 12.6. The van der Waals surface area contributed by atoms with Gasteiger partial charge in [0.25, 0.3) is 5.91 Å². The molecule has 0 atom stereocenters. The molecule has 0 unspecified atom stereocenters. The Bertz CT molecular complexity index is 1150. The second kappa shape index (κ2) is 10.2. The quantitative estimate of drug-likeness (QED) is 0.532. The van der Waals surface area contributed by atoms with Crippen molar-refractivity contribution in [3.63, 3.8) is 0 Å². The summed E-state index contributed by atoms with van der Waals surface area (Å²) in [6, 6.07) is 2.12. The van der Waals surface area contributed by atoms with E-state index in [1.54, 1.807) is 0 Å². The summed E-state index contributed by atoms with van der Waals surface area (Å²) in [6.07, 6.45) is 6.59. The van der Waals surface area contributed by atoms with Gasteiger partial charge in [0.1, 0.15) is 17.2 Å². The number of ether oxygens (including phenoxy) is 1. The van der Waals surface area contributed by atoms with Crippen LogP contribution in [-0.4, -0.2) is 53.1 Å². The van der Waals surface area contributed by atoms with Gasteiger partial charge in [0.15, 0.2) is 0 Å². The number of hydrogen-bond donors (Lipinski definition) is 2. The Morgan fingerprint density at radius 3 is 2.79 bits per heavy atom. The molecule has 0 saturated heterocycles. The van der Waals surface area contributed by atoms with Crippen molar-refractivity contribution in [3.8, 4) is 0 Å². The molecular formula is C24H30ClN5O2S. The molecule has 7 nitrogen and oxygen atoms in total. The molecule has 2 aliphatic rings. The van der Waals surface area contributed by atoms with Crippen LogP contribution >= 0.6 is 22.9 Å². The Labute approximate surface area is 203 Å². The third-order valence-electron chi connectivity index (χ3n) is 5.91. The van der Waals surface area contributed by atoms with E-state index >= 15 is 0 Å². The monoisotopic (exact) mass is 487 g/mol. The fourth-order valence-corrected chi connectivity index (χ4v) is 5.03. The molecular weight excluding hydrogens is 458 g/mol. The molecule has 9 heteroatoms. The Morgan fingerprint density at radius 2 is 2.09 bits per heavy atom. The highest BCUT2D eigenvalue weighted by molar-refractivity contribution is 7.20. The number of allylic oxidation sites excluding steroid dienone is 5. The average Bonchev–Trinajstić information content (AvgIpc) is 3.51. The van der Waals surface area contributed by atoms with Gasteiger partial charge in [-0.1, -0.05) is 31.5 Å². The maximum atomic E-state index is 12.6. The van der Waals surface area contributed by atoms with Crippen LogP contribution in [0.25, 0.3) is 15.8 Å². The van der Waals surface area contributed by atoms with E-state index in [-0.39, 0.29) is 17.9 Å². The van der Waals surface area contributed by atoms with Crippen molar-refractivity contribution in [2.45, 2.75) is 46.1 Å². The second-order valence-electron chi connectivity index (χ2n) is 8.30. The number of aromatic nitrogens is 2. The third kappa shape index (κ3) is 5.57. The zero-order chi connectivity index (χ0) is 23.5. The van der Waals surface area contributed by atoms with Gasteiger partial charge in [-0.15, -0.1) is 11.3 Å². The summed E-state index contributed by atoms with van der Waals surface area (Å²) < 4.78 is 6.11. The molecule has 1 fully saturated rings. The van der Waals surface area contributed by atoms with Gasteiger partial charge in [-0.05, 0) is 50.6 Å². The lowest BCUT2D eigenvalue weighted by Crippen LogP contribution is -2.27. The Hall–Kier alpha value is -2.42. The van der Waals surface area contributed by atoms with Gasteiger partial charge in [-0.3, -0.25) is 4.79 Å². The van der Waals surface area contributed by atoms with Crippen LogP contribution in [0.1, 0.15) is 55.4 Å². The minimum Gasteiger partial charge on any atom is -0.496 e. The Kier molecular flexibility index (Phi) is 7.36. The maximum absolute atomic E-state index is 12.6. The SMILES string of the molecule is CCN(CC)CCOC1=C(C)C=C(Cl)C(c2nc(N)nc3sc(C(=O)NC4CC4)cc23)=CC1. The normalized spacial score (nSPS) is 16.6. The lowest BCUT2D eigenvalue weighted by molar-refractivity contribution is 0.0955. The van der Waals surface area contributed by atoms with Crippen LogP contribution in [0.2, 0.25) is 0 Å². The number of nitrogens with zero attached hydrogens (tertiary/aromatic N) is 3. The number of nitrogens with two attached hydrogens (primary N) is 1. The van der Waals surface area contributed by atoms with Crippen LogP contribution in [0.3, 0.4) is 0 Å². The van der Waals surface area contributed by atoms with Gasteiger partial charge >= 0.3 is 0 Å². The fourth-order valence-electron chi connectivity index (χ4n) is 3.76. The van der Waals surface area contributed by atoms with Crippen molar-refractivity contribution in [2.24, 2.45) is 0 Å². The maximum Gasteiger partial charge on any atom is 0.261 e. The van der Waals surface area contributed by atoms with E-state index in [1.165, 1.54) is 11.3 Å². The van der Waals surface area contributed by atoms with E-state index in [0.717, 1.165) is 54.8 Å². The van der Waals surface area contributed by atoms with Crippen LogP contribution in [-0.2, 0) is 4.74 Å². The lowest BCUT2D eigenvalue weighted by atomic mass is 10.1. The van der Waals surface area contributed by atoms with Crippen molar-refractivity contribution < 1.29 is 9.53 Å². The van der Waals surface area contributed by atoms with E-state index < -0.39 is 0 Å². The van der Waals surface area contributed by atoms with Gasteiger partial charge in [0.05, 0.1) is 15.6 Å². The molecule has 1 saturated carbocycles. The van der Waals surface area contributed by atoms with Crippen LogP contribution < -0.4 is 11.1 Å². The Balaban J connectivity index is 1.60. The number of fused-ring (bicyclic) bond motifs is 1. The number of thiophene rings is 1. The number of rotatable bonds is 9. The van der Waals surface area contributed by atoms with E-state index in [0.29, 0.717) is 33.5 Å². The van der Waals surface area contributed by atoms with Crippen LogP contribution in [0.15, 0.2) is 34.6 Å². The summed E-state index contributed by atoms with van der Waals surface area (Å²) in [5, 5.41) is 4.36. The van der Waals surface area contributed by atoms with E-state index in [4.69, 9.17) is 22.1 Å². The number of halogens is 1. The fraction of sp³-hybridized carbons (Fsp3) is 0.458. The summed E-state index contributed by atoms with van der Waals surface area (Å²) in [7, 11) is 0. The van der Waals surface area contributed by atoms with E-state index in [2.05, 4.69) is 34.0 Å². The van der Waals surface area contributed by atoms with Crippen molar-refractivity contribution in [1.82, 2.24) is 20.2 Å². The summed E-state index contributed by atoms with van der Waals surface area (Å²) in [4.78, 5) is 25.0. The first-order valence-electron chi connectivity index (χ1n) is 11.4. The molecule has 4 rings (SSSR count). The topological polar surface area (TPSA) is 93.4 Å². The number of carbonyl (C=O) groups is 1. The molecule has 2 aliphatic carbocycles. The zero-order valence-electron chi connectivity index (χ0n) is 19.3. The van der Waals surface area contributed by atoms with E-state index in [1.807, 2.05) is 25.1 Å². The van der Waals surface area contributed by atoms with Crippen molar-refractivity contribution in [1.29, 1.82) is 0 Å². The standard InChI is InChI=1S/C24H30ClN5O2S/c1-4-30(5-2)10-11-32-19-9-8-16(18(25)12-14(19)3)21-17-13-20(22(31)27-15-6-7-15)33-23(17)29-24(26)28-21/h8,12-13,15H,4-7,9-11H2,1-3H3,(H,27,31)(H2,26,28,29). The summed E-state index contributed by atoms with van der Waals surface area (Å²) >= 11 is 8.05. The summed E-state index contributed by atoms with van der Waals surface area (Å²) in [6.45, 7) is 9.80. The van der Waals surface area contributed by atoms with Gasteiger partial charge in [0.2, 0.25) is 5.95 Å². The number of nitrogens with one attached hydrogen (secondary N) is 1. The van der Waals surface area contributed by atoms with Gasteiger partial charge in [-0.2, -0.15) is 0 Å². The first-order chi connectivity index (χ1) is 15.9. The van der Waals surface area contributed by atoms with Gasteiger partial charge in [-0.25, -0.2) is 9.97 Å². The number of amides is 1. The second-order valence-corrected chi connectivity index (χ2v) is 9.74. The van der Waals surface area contributed by atoms with E-state index in [9.17, 15) is 4.79 Å². The summed E-state index contributed by atoms with van der Waals surface area (Å²) in [5.41, 5.74) is 8.41. The molecule has 33 heavy (non-hydrogen) atoms. The number of anilines is 1. The number of carbonyl (C=O) groups excluding carboxylic acids is 1. The summed E-state index contributed by atoms with van der Waals surface area (Å²) in [5.74, 6) is 0.967. The van der Waals surface area contributed by atoms with Crippen LogP contribution in [0.4, 0.5) is 5.95 Å². The molecule has 176 valence electrons. The molecule has 3 N–H and O–H groups in total. The Morgan fingerprint density at radius 1 is 1.33 bits per heavy atom. The molecule has 1 amide bonds. The minimum absolute atomic E-state index is 0.0806. The number of nitrogen functional groups attached to an aromatic ring is 1. The van der Waals surface area contributed by atoms with Gasteiger partial charge < -0.3 is 20.7 Å². The highest BCUT2D eigenvalue weighted by atomic mass is 35.5. The lowest BCUT2D eigenvalue weighted by Gasteiger charge is -2.19. The van der Waals surface area contributed by atoms with Crippen molar-refractivity contribution in [3.05, 3.63) is 45.2 Å². The molecule has 0 aromatic carbocycles. The number of hydrogen-bond acceptors (Lipinski definition) is 7. The smallest absolute Gasteiger partial charge is 0.261 e. The predicted octanol–water partition coefficient (Wildman–Crippen LogP) is 4.71. The van der Waals surface area contributed by atoms with Crippen molar-refractivity contribution >= 4 is 50.6 Å².